The molecule has 0 radical (unpaired) electrons. The average Bonchev–Trinajstić information content (AvgIpc) is 2.26. The Balaban J connectivity index is 2.81. The molecule has 0 saturated carbocycles. The molecule has 1 aromatic heterocycles. The van der Waals surface area contributed by atoms with Crippen LogP contribution in [0.2, 0.25) is 0 Å². The van der Waals surface area contributed by atoms with E-state index in [0.717, 1.165) is 0 Å². The largest absolute Gasteiger partial charge is 0.444 e. The first-order valence-corrected chi connectivity index (χ1v) is 5.48. The zero-order valence-electron chi connectivity index (χ0n) is 10.9. The summed E-state index contributed by atoms with van der Waals surface area (Å²) in [7, 11) is 1.36. The molecule has 0 spiro atoms. The predicted molar refractivity (Wildman–Crippen MR) is 66.1 cm³/mol. The van der Waals surface area contributed by atoms with Crippen LogP contribution in [-0.4, -0.2) is 28.9 Å². The molecule has 0 aliphatic rings. The summed E-state index contributed by atoms with van der Waals surface area (Å²) < 4.78 is 9.90. The van der Waals surface area contributed by atoms with Gasteiger partial charge in [-0.1, -0.05) is 0 Å². The van der Waals surface area contributed by atoms with E-state index in [4.69, 9.17) is 9.47 Å². The highest BCUT2D eigenvalue weighted by Crippen LogP contribution is 2.22. The number of aliphatic hydroxyl groups excluding tert-OH is 1. The molecule has 0 aromatic carbocycles. The number of carbonyl (C=O) groups excluding carboxylic acids is 1. The highest BCUT2D eigenvalue weighted by atomic mass is 16.6. The predicted octanol–water partition coefficient (Wildman–Crippen LogP) is 2.07. The number of methoxy groups -OCH3 is 1. The van der Waals surface area contributed by atoms with Crippen molar-refractivity contribution in [3.63, 3.8) is 0 Å². The van der Waals surface area contributed by atoms with Crippen molar-refractivity contribution in [2.75, 3.05) is 12.4 Å². The maximum absolute atomic E-state index is 11.6. The number of amides is 1. The Hall–Kier alpha value is -1.66. The summed E-state index contributed by atoms with van der Waals surface area (Å²) in [4.78, 5) is 15.5. The molecule has 0 unspecified atom stereocenters. The number of hydrogen-bond acceptors (Lipinski definition) is 5. The van der Waals surface area contributed by atoms with Crippen LogP contribution >= 0.6 is 0 Å². The van der Waals surface area contributed by atoms with Gasteiger partial charge in [-0.25, -0.2) is 4.79 Å². The number of carbonyl (C=O) groups is 1. The number of anilines is 1. The molecule has 1 atom stereocenters. The van der Waals surface area contributed by atoms with Crippen LogP contribution in [0.25, 0.3) is 0 Å². The van der Waals surface area contributed by atoms with E-state index in [-0.39, 0.29) is 0 Å². The van der Waals surface area contributed by atoms with Crippen LogP contribution in [0.4, 0.5) is 10.5 Å². The van der Waals surface area contributed by atoms with Gasteiger partial charge in [0.25, 0.3) is 0 Å². The Morgan fingerprint density at radius 3 is 2.72 bits per heavy atom. The molecule has 0 fully saturated rings. The lowest BCUT2D eigenvalue weighted by atomic mass is 10.2. The quantitative estimate of drug-likeness (QED) is 0.807. The number of aliphatic hydroxyl groups is 1. The van der Waals surface area contributed by atoms with Crippen molar-refractivity contribution < 1.29 is 19.4 Å². The molecule has 18 heavy (non-hydrogen) atoms. The number of aromatic nitrogens is 1. The van der Waals surface area contributed by atoms with Crippen LogP contribution in [0, 0.1) is 0 Å². The molecule has 2 N–H and O–H groups in total. The standard InChI is InChI=1S/C12H18N2O4/c1-12(2,3)18-11(16)14-9-7-13-6-5-8(9)10(15)17-4/h5-7,10,15H,1-4H3,(H,14,16)/t10-/m0/s1. The SMILES string of the molecule is CO[C@H](O)c1ccncc1NC(=O)OC(C)(C)C. The summed E-state index contributed by atoms with van der Waals surface area (Å²) >= 11 is 0. The van der Waals surface area contributed by atoms with Gasteiger partial charge in [0.15, 0.2) is 6.29 Å². The van der Waals surface area contributed by atoms with Crippen molar-refractivity contribution in [2.24, 2.45) is 0 Å². The maximum atomic E-state index is 11.6. The van der Waals surface area contributed by atoms with Crippen LogP contribution in [0.3, 0.4) is 0 Å². The lowest BCUT2D eigenvalue weighted by molar-refractivity contribution is -0.0764. The van der Waals surface area contributed by atoms with Gasteiger partial charge in [0, 0.05) is 18.9 Å². The van der Waals surface area contributed by atoms with Crippen molar-refractivity contribution in [2.45, 2.75) is 32.7 Å². The first kappa shape index (κ1) is 14.4. The van der Waals surface area contributed by atoms with Crippen LogP contribution in [0.5, 0.6) is 0 Å². The van der Waals surface area contributed by atoms with Gasteiger partial charge in [0.2, 0.25) is 0 Å². The Morgan fingerprint density at radius 2 is 2.17 bits per heavy atom. The fourth-order valence-corrected chi connectivity index (χ4v) is 1.27. The molecule has 6 heteroatoms. The maximum Gasteiger partial charge on any atom is 0.412 e. The number of hydrogen-bond donors (Lipinski definition) is 2. The lowest BCUT2D eigenvalue weighted by Gasteiger charge is -2.20. The number of pyridine rings is 1. The van der Waals surface area contributed by atoms with Gasteiger partial charge < -0.3 is 14.6 Å². The highest BCUT2D eigenvalue weighted by molar-refractivity contribution is 5.85. The van der Waals surface area contributed by atoms with E-state index in [9.17, 15) is 9.90 Å². The summed E-state index contributed by atoms with van der Waals surface area (Å²) in [5.74, 6) is 0. The monoisotopic (exact) mass is 254 g/mol. The molecular weight excluding hydrogens is 236 g/mol. The van der Waals surface area contributed by atoms with Gasteiger partial charge in [-0.15, -0.1) is 0 Å². The number of rotatable bonds is 3. The van der Waals surface area contributed by atoms with Crippen molar-refractivity contribution in [1.82, 2.24) is 4.98 Å². The van der Waals surface area contributed by atoms with E-state index in [2.05, 4.69) is 10.3 Å². The number of ether oxygens (including phenoxy) is 2. The average molecular weight is 254 g/mol. The van der Waals surface area contributed by atoms with Crippen LogP contribution in [0.15, 0.2) is 18.5 Å². The molecule has 0 aliphatic carbocycles. The van der Waals surface area contributed by atoms with Gasteiger partial charge in [0.05, 0.1) is 11.9 Å². The third-order valence-corrected chi connectivity index (χ3v) is 1.98. The molecule has 1 rings (SSSR count). The van der Waals surface area contributed by atoms with E-state index < -0.39 is 18.0 Å². The molecule has 0 saturated heterocycles. The Morgan fingerprint density at radius 1 is 1.50 bits per heavy atom. The van der Waals surface area contributed by atoms with Crippen LogP contribution < -0.4 is 5.32 Å². The third-order valence-electron chi connectivity index (χ3n) is 1.98. The van der Waals surface area contributed by atoms with E-state index in [1.54, 1.807) is 26.8 Å². The minimum absolute atomic E-state index is 0.348. The molecule has 1 aromatic rings. The van der Waals surface area contributed by atoms with Gasteiger partial charge in [-0.05, 0) is 26.8 Å². The topological polar surface area (TPSA) is 80.7 Å². The Bertz CT molecular complexity index is 415. The van der Waals surface area contributed by atoms with E-state index in [1.807, 2.05) is 0 Å². The molecule has 6 nitrogen and oxygen atoms in total. The zero-order chi connectivity index (χ0) is 13.8. The minimum atomic E-state index is -1.13. The first-order chi connectivity index (χ1) is 8.33. The van der Waals surface area contributed by atoms with E-state index in [1.165, 1.54) is 19.5 Å². The second-order valence-corrected chi connectivity index (χ2v) is 4.68. The molecular formula is C12H18N2O4. The second-order valence-electron chi connectivity index (χ2n) is 4.68. The van der Waals surface area contributed by atoms with Crippen LogP contribution in [0.1, 0.15) is 32.6 Å². The first-order valence-electron chi connectivity index (χ1n) is 5.48. The Labute approximate surface area is 106 Å². The lowest BCUT2D eigenvalue weighted by Crippen LogP contribution is -2.27. The van der Waals surface area contributed by atoms with Gasteiger partial charge >= 0.3 is 6.09 Å². The molecule has 100 valence electrons. The smallest absolute Gasteiger partial charge is 0.412 e. The number of nitrogens with zero attached hydrogens (tertiary/aromatic N) is 1. The number of nitrogens with one attached hydrogen (secondary N) is 1. The molecule has 0 aliphatic heterocycles. The summed E-state index contributed by atoms with van der Waals surface area (Å²) in [6, 6.07) is 1.56. The fraction of sp³-hybridized carbons (Fsp3) is 0.500. The molecule has 0 bridgehead atoms. The highest BCUT2D eigenvalue weighted by Gasteiger charge is 2.19. The summed E-state index contributed by atoms with van der Waals surface area (Å²) in [5, 5.41) is 12.1. The molecule has 1 heterocycles. The van der Waals surface area contributed by atoms with E-state index >= 15 is 0 Å². The third kappa shape index (κ3) is 4.31. The normalized spacial score (nSPS) is 12.9. The zero-order valence-corrected chi connectivity index (χ0v) is 10.9. The van der Waals surface area contributed by atoms with E-state index in [0.29, 0.717) is 11.3 Å². The van der Waals surface area contributed by atoms with Gasteiger partial charge in [-0.2, -0.15) is 0 Å². The summed E-state index contributed by atoms with van der Waals surface area (Å²) in [6.45, 7) is 5.29. The van der Waals surface area contributed by atoms with Crippen molar-refractivity contribution in [3.05, 3.63) is 24.0 Å². The summed E-state index contributed by atoms with van der Waals surface area (Å²) in [6.07, 6.45) is 1.18. The van der Waals surface area contributed by atoms with Crippen molar-refractivity contribution in [1.29, 1.82) is 0 Å². The summed E-state index contributed by atoms with van der Waals surface area (Å²) in [5.41, 5.74) is 0.172. The minimum Gasteiger partial charge on any atom is -0.444 e. The van der Waals surface area contributed by atoms with Gasteiger partial charge in [0.1, 0.15) is 5.60 Å². The fourth-order valence-electron chi connectivity index (χ4n) is 1.27. The van der Waals surface area contributed by atoms with Crippen molar-refractivity contribution in [3.8, 4) is 0 Å². The van der Waals surface area contributed by atoms with Crippen molar-refractivity contribution >= 4 is 11.8 Å². The van der Waals surface area contributed by atoms with Gasteiger partial charge in [-0.3, -0.25) is 10.3 Å². The second kappa shape index (κ2) is 5.79. The Kier molecular flexibility index (Phi) is 4.63. The molecule has 1 amide bonds. The van der Waals surface area contributed by atoms with Crippen LogP contribution in [-0.2, 0) is 9.47 Å².